The Labute approximate surface area is 184 Å². The molecule has 2 unspecified atom stereocenters. The topological polar surface area (TPSA) is 62.5 Å². The van der Waals surface area contributed by atoms with Gasteiger partial charge >= 0.3 is 0 Å². The summed E-state index contributed by atoms with van der Waals surface area (Å²) in [7, 11) is -1.24. The summed E-state index contributed by atoms with van der Waals surface area (Å²) in [4.78, 5) is 9.27. The van der Waals surface area contributed by atoms with Gasteiger partial charge < -0.3 is 9.67 Å². The lowest BCUT2D eigenvalue weighted by atomic mass is 9.95. The smallest absolute Gasteiger partial charge is 0.290 e. The van der Waals surface area contributed by atoms with Crippen LogP contribution in [-0.4, -0.2) is 20.4 Å². The van der Waals surface area contributed by atoms with Crippen molar-refractivity contribution in [3.63, 3.8) is 0 Å². The summed E-state index contributed by atoms with van der Waals surface area (Å²) in [5.74, 6) is 0. The predicted octanol–water partition coefficient (Wildman–Crippen LogP) is 5.30. The molecular formula is C25H24N2O3S. The second kappa shape index (κ2) is 8.78. The molecule has 0 bridgehead atoms. The molecule has 6 heteroatoms. The molecule has 0 spiro atoms. The van der Waals surface area contributed by atoms with Crippen molar-refractivity contribution in [3.8, 4) is 0 Å². The van der Waals surface area contributed by atoms with Crippen molar-refractivity contribution >= 4 is 34.0 Å². The summed E-state index contributed by atoms with van der Waals surface area (Å²) >= 11 is 0. The second-order valence-corrected chi connectivity index (χ2v) is 8.55. The van der Waals surface area contributed by atoms with E-state index in [0.29, 0.717) is 0 Å². The van der Waals surface area contributed by atoms with Gasteiger partial charge in [0.25, 0.3) is 6.47 Å². The molecule has 0 fully saturated rings. The van der Waals surface area contributed by atoms with Crippen molar-refractivity contribution in [2.45, 2.75) is 31.3 Å². The van der Waals surface area contributed by atoms with E-state index in [-0.39, 0.29) is 12.5 Å². The highest BCUT2D eigenvalue weighted by atomic mass is 32.2. The first-order valence-corrected chi connectivity index (χ1v) is 11.2. The third-order valence-corrected chi connectivity index (χ3v) is 7.22. The molecule has 0 aliphatic carbocycles. The fourth-order valence-corrected chi connectivity index (χ4v) is 6.01. The van der Waals surface area contributed by atoms with Crippen LogP contribution in [0, 0.1) is 6.92 Å². The van der Waals surface area contributed by atoms with Crippen LogP contribution in [-0.2, 0) is 22.3 Å². The minimum Gasteiger partial charge on any atom is -0.483 e. The maximum absolute atomic E-state index is 13.5. The monoisotopic (exact) mass is 432 g/mol. The number of anilines is 1. The average Bonchev–Trinajstić information content (AvgIpc) is 3.25. The van der Waals surface area contributed by atoms with Crippen LogP contribution in [0.1, 0.15) is 29.8 Å². The Hall–Kier alpha value is -3.38. The first-order valence-electron chi connectivity index (χ1n) is 10.1. The zero-order valence-electron chi connectivity index (χ0n) is 17.4. The molecule has 2 heterocycles. The number of carbonyl (C=O) groups is 1. The van der Waals surface area contributed by atoms with Crippen molar-refractivity contribution in [3.05, 3.63) is 95.7 Å². The Morgan fingerprint density at radius 1 is 0.968 bits per heavy atom. The molecule has 1 aliphatic heterocycles. The molecule has 5 nitrogen and oxygen atoms in total. The summed E-state index contributed by atoms with van der Waals surface area (Å²) in [5.41, 5.74) is 5.84. The molecular weight excluding hydrogens is 408 g/mol. The quantitative estimate of drug-likeness (QED) is 0.447. The number of benzene rings is 3. The highest BCUT2D eigenvalue weighted by molar-refractivity contribution is 7.87. The van der Waals surface area contributed by atoms with E-state index in [1.165, 1.54) is 22.2 Å². The summed E-state index contributed by atoms with van der Waals surface area (Å²) < 4.78 is 18.0. The Balaban J connectivity index is 0.000000730. The van der Waals surface area contributed by atoms with E-state index in [1.807, 2.05) is 48.5 Å². The Bertz CT molecular complexity index is 1250. The van der Waals surface area contributed by atoms with Crippen LogP contribution in [0.15, 0.2) is 83.8 Å². The second-order valence-electron chi connectivity index (χ2n) is 7.22. The molecule has 1 aliphatic rings. The molecule has 0 saturated carbocycles. The number of hydrogen-bond acceptors (Lipinski definition) is 2. The van der Waals surface area contributed by atoms with E-state index in [4.69, 9.17) is 9.90 Å². The van der Waals surface area contributed by atoms with Gasteiger partial charge in [0.1, 0.15) is 0 Å². The number of para-hydroxylation sites is 2. The highest BCUT2D eigenvalue weighted by Gasteiger charge is 2.40. The van der Waals surface area contributed by atoms with Gasteiger partial charge in [0.05, 0.1) is 16.6 Å². The van der Waals surface area contributed by atoms with Gasteiger partial charge in [-0.1, -0.05) is 54.6 Å². The molecule has 2 atom stereocenters. The van der Waals surface area contributed by atoms with E-state index >= 15 is 0 Å². The lowest BCUT2D eigenvalue weighted by molar-refractivity contribution is -0.122. The van der Waals surface area contributed by atoms with Crippen LogP contribution in [0.4, 0.5) is 5.69 Å². The van der Waals surface area contributed by atoms with Gasteiger partial charge in [-0.3, -0.25) is 9.10 Å². The zero-order valence-corrected chi connectivity index (χ0v) is 18.3. The lowest BCUT2D eigenvalue weighted by Crippen LogP contribution is -2.25. The lowest BCUT2D eigenvalue weighted by Gasteiger charge is -2.26. The van der Waals surface area contributed by atoms with Crippen LogP contribution in [0.25, 0.3) is 10.9 Å². The SMILES string of the molecule is CCn1c(C)c(C2c3ccccc3S(=O)N2c2ccccc2)c2ccccc21.O=CO. The maximum Gasteiger partial charge on any atom is 0.290 e. The molecule has 1 N–H and O–H groups in total. The van der Waals surface area contributed by atoms with Gasteiger partial charge in [0.15, 0.2) is 11.0 Å². The Morgan fingerprint density at radius 2 is 1.58 bits per heavy atom. The van der Waals surface area contributed by atoms with Crippen LogP contribution < -0.4 is 4.31 Å². The van der Waals surface area contributed by atoms with E-state index in [1.54, 1.807) is 0 Å². The predicted molar refractivity (Wildman–Crippen MR) is 125 cm³/mol. The molecule has 4 aromatic rings. The summed E-state index contributed by atoms with van der Waals surface area (Å²) in [6, 6.07) is 26.7. The third kappa shape index (κ3) is 3.43. The number of rotatable bonds is 3. The van der Waals surface area contributed by atoms with E-state index in [0.717, 1.165) is 22.7 Å². The largest absolute Gasteiger partial charge is 0.483 e. The van der Waals surface area contributed by atoms with Gasteiger partial charge in [-0.15, -0.1) is 0 Å². The number of fused-ring (bicyclic) bond motifs is 2. The zero-order chi connectivity index (χ0) is 22.0. The van der Waals surface area contributed by atoms with Crippen molar-refractivity contribution in [1.82, 2.24) is 4.57 Å². The molecule has 5 rings (SSSR count). The fraction of sp³-hybridized carbons (Fsp3) is 0.160. The fourth-order valence-electron chi connectivity index (χ4n) is 4.50. The van der Waals surface area contributed by atoms with Crippen LogP contribution in [0.5, 0.6) is 0 Å². The number of aromatic nitrogens is 1. The first-order chi connectivity index (χ1) is 15.1. The number of carboxylic acid groups (broad SMARTS) is 1. The van der Waals surface area contributed by atoms with Gasteiger partial charge in [-0.05, 0) is 43.7 Å². The molecule has 31 heavy (non-hydrogen) atoms. The first kappa shape index (κ1) is 20.9. The Morgan fingerprint density at radius 3 is 2.29 bits per heavy atom. The molecule has 0 radical (unpaired) electrons. The minimum atomic E-state index is -1.24. The summed E-state index contributed by atoms with van der Waals surface area (Å²) in [5, 5.41) is 8.13. The van der Waals surface area contributed by atoms with E-state index in [2.05, 4.69) is 53.1 Å². The minimum absolute atomic E-state index is 0.0721. The maximum atomic E-state index is 13.5. The van der Waals surface area contributed by atoms with Crippen LogP contribution >= 0.6 is 0 Å². The van der Waals surface area contributed by atoms with Crippen molar-refractivity contribution < 1.29 is 14.1 Å². The molecule has 1 aromatic heterocycles. The van der Waals surface area contributed by atoms with Gasteiger partial charge in [-0.25, -0.2) is 4.21 Å². The molecule has 158 valence electrons. The number of nitrogens with zero attached hydrogens (tertiary/aromatic N) is 2. The van der Waals surface area contributed by atoms with E-state index in [9.17, 15) is 4.21 Å². The van der Waals surface area contributed by atoms with Crippen molar-refractivity contribution in [2.24, 2.45) is 0 Å². The normalized spacial score (nSPS) is 17.2. The van der Waals surface area contributed by atoms with Gasteiger partial charge in [0, 0.05) is 28.7 Å². The Kier molecular flexibility index (Phi) is 5.91. The van der Waals surface area contributed by atoms with E-state index < -0.39 is 11.0 Å². The molecule has 0 amide bonds. The van der Waals surface area contributed by atoms with Crippen LogP contribution in [0.2, 0.25) is 0 Å². The number of hydrogen-bond donors (Lipinski definition) is 1. The average molecular weight is 433 g/mol. The summed E-state index contributed by atoms with van der Waals surface area (Å²) in [6.45, 7) is 5.03. The van der Waals surface area contributed by atoms with Gasteiger partial charge in [0.2, 0.25) is 0 Å². The highest BCUT2D eigenvalue weighted by Crippen LogP contribution is 2.47. The van der Waals surface area contributed by atoms with Crippen molar-refractivity contribution in [2.75, 3.05) is 4.31 Å². The summed E-state index contributed by atoms with van der Waals surface area (Å²) in [6.07, 6.45) is 0. The van der Waals surface area contributed by atoms with Gasteiger partial charge in [-0.2, -0.15) is 0 Å². The molecule has 0 saturated heterocycles. The third-order valence-electron chi connectivity index (χ3n) is 5.69. The van der Waals surface area contributed by atoms with Crippen molar-refractivity contribution in [1.29, 1.82) is 0 Å². The standard InChI is InChI=1S/C24H22N2OS.CH2O2/c1-3-25-17(2)23(19-13-7-9-15-21(19)25)24-20-14-8-10-16-22(20)28(27)26(24)18-11-5-4-6-12-18;2-1-3/h4-16,24H,3H2,1-2H3;1H,(H,2,3). The molecule has 3 aromatic carbocycles. The van der Waals surface area contributed by atoms with Crippen LogP contribution in [0.3, 0.4) is 0 Å². The number of aryl methyl sites for hydroxylation is 1.